The monoisotopic (exact) mass is 416 g/mol. The van der Waals surface area contributed by atoms with Gasteiger partial charge in [-0.15, -0.1) is 0 Å². The minimum absolute atomic E-state index is 0.104. The molecule has 2 aromatic carbocycles. The Bertz CT molecular complexity index is 1320. The highest BCUT2D eigenvalue weighted by atomic mass is 16.5. The predicted molar refractivity (Wildman–Crippen MR) is 119 cm³/mol. The molecule has 3 aromatic rings. The second-order valence-electron chi connectivity index (χ2n) is 9.20. The molecule has 1 aliphatic carbocycles. The van der Waals surface area contributed by atoms with E-state index < -0.39 is 0 Å². The molecule has 0 saturated carbocycles. The third kappa shape index (κ3) is 3.16. The van der Waals surface area contributed by atoms with Crippen LogP contribution in [0.5, 0.6) is 11.5 Å². The average molecular weight is 416 g/mol. The Morgan fingerprint density at radius 2 is 1.81 bits per heavy atom. The number of allylic oxidation sites excluding steroid dienone is 2. The van der Waals surface area contributed by atoms with Crippen molar-refractivity contribution in [3.05, 3.63) is 69.3 Å². The molecule has 0 saturated heterocycles. The summed E-state index contributed by atoms with van der Waals surface area (Å²) in [5.41, 5.74) is 3.93. The highest BCUT2D eigenvalue weighted by Gasteiger charge is 2.37. The van der Waals surface area contributed by atoms with Crippen LogP contribution in [0.15, 0.2) is 57.1 Å². The second kappa shape index (κ2) is 6.84. The standard InChI is InChI=1S/C26H24O5/c1-14-24-16(9-18-21(27)11-26(2,3)12-22(18)31-24)10-19-23(28)20(13-30-25(14)19)15-5-7-17(29-4)8-6-15/h5-8,10,13H,9,11-12H2,1-4H3. The number of methoxy groups -OCH3 is 1. The maximum atomic E-state index is 13.3. The fourth-order valence-electron chi connectivity index (χ4n) is 4.64. The molecule has 158 valence electrons. The van der Waals surface area contributed by atoms with Crippen molar-refractivity contribution >= 4 is 16.8 Å². The summed E-state index contributed by atoms with van der Waals surface area (Å²) in [6.07, 6.45) is 3.24. The van der Waals surface area contributed by atoms with Gasteiger partial charge in [0.15, 0.2) is 5.78 Å². The molecule has 0 atom stereocenters. The minimum atomic E-state index is -0.113. The van der Waals surface area contributed by atoms with E-state index in [2.05, 4.69) is 13.8 Å². The topological polar surface area (TPSA) is 65.7 Å². The molecule has 0 bridgehead atoms. The van der Waals surface area contributed by atoms with E-state index in [0.29, 0.717) is 35.1 Å². The van der Waals surface area contributed by atoms with Gasteiger partial charge in [0.1, 0.15) is 29.1 Å². The molecule has 31 heavy (non-hydrogen) atoms. The summed E-state index contributed by atoms with van der Waals surface area (Å²) in [7, 11) is 1.60. The van der Waals surface area contributed by atoms with Gasteiger partial charge in [-0.1, -0.05) is 26.0 Å². The molecule has 0 unspecified atom stereocenters. The van der Waals surface area contributed by atoms with Crippen molar-refractivity contribution < 1.29 is 18.7 Å². The number of Topliss-reactive ketones (excluding diaryl/α,β-unsaturated/α-hetero) is 1. The summed E-state index contributed by atoms with van der Waals surface area (Å²) < 4.78 is 17.4. The van der Waals surface area contributed by atoms with E-state index in [9.17, 15) is 9.59 Å². The Morgan fingerprint density at radius 3 is 2.52 bits per heavy atom. The lowest BCUT2D eigenvalue weighted by atomic mass is 9.74. The molecule has 0 radical (unpaired) electrons. The average Bonchev–Trinajstić information content (AvgIpc) is 2.73. The number of carbonyl (C=O) groups is 1. The SMILES string of the molecule is COc1ccc(-c2coc3c(C)c4c(cc3c2=O)CC2=C(CC(C)(C)CC2=O)O4)cc1. The highest BCUT2D eigenvalue weighted by Crippen LogP contribution is 2.45. The van der Waals surface area contributed by atoms with Crippen molar-refractivity contribution in [2.45, 2.75) is 40.0 Å². The summed E-state index contributed by atoms with van der Waals surface area (Å²) in [5.74, 6) is 2.32. The zero-order valence-electron chi connectivity index (χ0n) is 18.1. The molecule has 0 amide bonds. The molecule has 5 rings (SSSR count). The van der Waals surface area contributed by atoms with Gasteiger partial charge in [-0.3, -0.25) is 9.59 Å². The van der Waals surface area contributed by atoms with Crippen LogP contribution in [0.3, 0.4) is 0 Å². The number of carbonyl (C=O) groups excluding carboxylic acids is 1. The first-order chi connectivity index (χ1) is 14.8. The normalized spacial score (nSPS) is 17.2. The number of hydrogen-bond acceptors (Lipinski definition) is 5. The van der Waals surface area contributed by atoms with Crippen molar-refractivity contribution in [3.8, 4) is 22.6 Å². The molecule has 5 heteroatoms. The third-order valence-corrected chi connectivity index (χ3v) is 6.26. The minimum Gasteiger partial charge on any atom is -0.497 e. The Balaban J connectivity index is 1.63. The number of ketones is 1. The van der Waals surface area contributed by atoms with Gasteiger partial charge in [0.25, 0.3) is 0 Å². The lowest BCUT2D eigenvalue weighted by Gasteiger charge is -2.35. The second-order valence-corrected chi connectivity index (χ2v) is 9.20. The molecule has 0 N–H and O–H groups in total. The van der Waals surface area contributed by atoms with E-state index in [1.54, 1.807) is 7.11 Å². The Morgan fingerprint density at radius 1 is 1.06 bits per heavy atom. The summed E-state index contributed by atoms with van der Waals surface area (Å²) in [6.45, 7) is 6.07. The van der Waals surface area contributed by atoms with Gasteiger partial charge < -0.3 is 13.9 Å². The molecule has 0 spiro atoms. The van der Waals surface area contributed by atoms with Gasteiger partial charge in [0.05, 0.1) is 18.1 Å². The molecule has 5 nitrogen and oxygen atoms in total. The number of ether oxygens (including phenoxy) is 2. The number of hydrogen-bond donors (Lipinski definition) is 0. The number of rotatable bonds is 2. The first kappa shape index (κ1) is 19.6. The van der Waals surface area contributed by atoms with Crippen LogP contribution in [0.1, 0.15) is 37.8 Å². The van der Waals surface area contributed by atoms with E-state index in [1.165, 1.54) is 6.26 Å². The van der Waals surface area contributed by atoms with E-state index in [1.807, 2.05) is 37.3 Å². The molecular weight excluding hydrogens is 392 g/mol. The highest BCUT2D eigenvalue weighted by molar-refractivity contribution is 5.99. The van der Waals surface area contributed by atoms with Gasteiger partial charge in [0, 0.05) is 36.0 Å². The molecule has 1 aromatic heterocycles. The number of aryl methyl sites for hydroxylation is 1. The zero-order chi connectivity index (χ0) is 21.9. The molecule has 0 fully saturated rings. The van der Waals surface area contributed by atoms with E-state index in [4.69, 9.17) is 13.9 Å². The fraction of sp³-hybridized carbons (Fsp3) is 0.308. The maximum absolute atomic E-state index is 13.3. The van der Waals surface area contributed by atoms with E-state index in [-0.39, 0.29) is 16.6 Å². The van der Waals surface area contributed by atoms with Crippen LogP contribution in [0.2, 0.25) is 0 Å². The van der Waals surface area contributed by atoms with Crippen molar-refractivity contribution in [1.29, 1.82) is 0 Å². The smallest absolute Gasteiger partial charge is 0.200 e. The Hall–Kier alpha value is -3.34. The van der Waals surface area contributed by atoms with Gasteiger partial charge in [0.2, 0.25) is 5.43 Å². The molecule has 2 heterocycles. The Labute approximate surface area is 180 Å². The summed E-state index contributed by atoms with van der Waals surface area (Å²) in [6, 6.07) is 9.13. The first-order valence-corrected chi connectivity index (χ1v) is 10.4. The zero-order valence-corrected chi connectivity index (χ0v) is 18.1. The molecule has 2 aliphatic rings. The van der Waals surface area contributed by atoms with Crippen LogP contribution in [-0.4, -0.2) is 12.9 Å². The summed E-state index contributed by atoms with van der Waals surface area (Å²) >= 11 is 0. The largest absolute Gasteiger partial charge is 0.497 e. The van der Waals surface area contributed by atoms with Crippen molar-refractivity contribution in [2.24, 2.45) is 5.41 Å². The summed E-state index contributed by atoms with van der Waals surface area (Å²) in [5, 5.41) is 0.501. The molecule has 1 aliphatic heterocycles. The maximum Gasteiger partial charge on any atom is 0.200 e. The van der Waals surface area contributed by atoms with Gasteiger partial charge in [-0.05, 0) is 36.1 Å². The van der Waals surface area contributed by atoms with Gasteiger partial charge in [-0.2, -0.15) is 0 Å². The van der Waals surface area contributed by atoms with Crippen LogP contribution >= 0.6 is 0 Å². The molecular formula is C26H24O5. The Kier molecular flexibility index (Phi) is 4.33. The number of benzene rings is 2. The lowest BCUT2D eigenvalue weighted by Crippen LogP contribution is -2.30. The van der Waals surface area contributed by atoms with Crippen molar-refractivity contribution in [2.75, 3.05) is 7.11 Å². The lowest BCUT2D eigenvalue weighted by molar-refractivity contribution is -0.118. The van der Waals surface area contributed by atoms with Gasteiger partial charge in [-0.25, -0.2) is 0 Å². The van der Waals surface area contributed by atoms with Gasteiger partial charge >= 0.3 is 0 Å². The van der Waals surface area contributed by atoms with Crippen molar-refractivity contribution in [1.82, 2.24) is 0 Å². The number of fused-ring (bicyclic) bond motifs is 2. The van der Waals surface area contributed by atoms with Crippen LogP contribution in [0.25, 0.3) is 22.1 Å². The third-order valence-electron chi connectivity index (χ3n) is 6.26. The fourth-order valence-corrected chi connectivity index (χ4v) is 4.64. The van der Waals surface area contributed by atoms with Crippen LogP contribution in [0.4, 0.5) is 0 Å². The van der Waals surface area contributed by atoms with E-state index >= 15 is 0 Å². The quantitative estimate of drug-likeness (QED) is 0.563. The first-order valence-electron chi connectivity index (χ1n) is 10.4. The van der Waals surface area contributed by atoms with E-state index in [0.717, 1.165) is 40.2 Å². The summed E-state index contributed by atoms with van der Waals surface area (Å²) in [4.78, 5) is 26.1. The van der Waals surface area contributed by atoms with Crippen LogP contribution in [-0.2, 0) is 11.2 Å². The predicted octanol–water partition coefficient (Wildman–Crippen LogP) is 5.36. The van der Waals surface area contributed by atoms with Crippen molar-refractivity contribution in [3.63, 3.8) is 0 Å². The van der Waals surface area contributed by atoms with Crippen LogP contribution < -0.4 is 14.9 Å². The van der Waals surface area contributed by atoms with Crippen LogP contribution in [0, 0.1) is 12.3 Å².